The Morgan fingerprint density at radius 1 is 1.12 bits per heavy atom. The Bertz CT molecular complexity index is 830. The summed E-state index contributed by atoms with van der Waals surface area (Å²) in [4.78, 5) is 49.7. The average molecular weight is 447 g/mol. The number of likely N-dealkylation sites (tertiary alicyclic amines) is 1. The van der Waals surface area contributed by atoms with Gasteiger partial charge in [-0.15, -0.1) is 0 Å². The molecule has 0 spiro atoms. The second-order valence-electron chi connectivity index (χ2n) is 9.18. The molecular formula is C23H34N4O5. The molecule has 1 aliphatic rings. The van der Waals surface area contributed by atoms with Gasteiger partial charge in [-0.25, -0.2) is 4.79 Å². The van der Waals surface area contributed by atoms with E-state index in [0.29, 0.717) is 18.8 Å². The summed E-state index contributed by atoms with van der Waals surface area (Å²) in [5.74, 6) is -0.704. The van der Waals surface area contributed by atoms with E-state index in [1.54, 1.807) is 37.8 Å². The summed E-state index contributed by atoms with van der Waals surface area (Å²) in [6.45, 7) is 10.1. The zero-order chi connectivity index (χ0) is 23.9. The maximum atomic E-state index is 12.5. The first-order chi connectivity index (χ1) is 14.9. The van der Waals surface area contributed by atoms with Crippen LogP contribution in [-0.2, 0) is 25.7 Å². The molecule has 9 nitrogen and oxygen atoms in total. The van der Waals surface area contributed by atoms with Crippen LogP contribution in [0.1, 0.15) is 53.0 Å². The smallest absolute Gasteiger partial charge is 0.407 e. The van der Waals surface area contributed by atoms with Gasteiger partial charge in [-0.1, -0.05) is 12.1 Å². The molecule has 32 heavy (non-hydrogen) atoms. The summed E-state index contributed by atoms with van der Waals surface area (Å²) in [7, 11) is 0. The van der Waals surface area contributed by atoms with Gasteiger partial charge in [0.15, 0.2) is 0 Å². The molecule has 3 N–H and O–H groups in total. The largest absolute Gasteiger partial charge is 0.444 e. The molecule has 176 valence electrons. The number of anilines is 1. The van der Waals surface area contributed by atoms with Gasteiger partial charge in [0.05, 0.1) is 5.92 Å². The van der Waals surface area contributed by atoms with Crippen molar-refractivity contribution >= 4 is 29.5 Å². The highest BCUT2D eigenvalue weighted by Gasteiger charge is 2.35. The van der Waals surface area contributed by atoms with Crippen LogP contribution in [0.2, 0.25) is 0 Å². The first-order valence-electron chi connectivity index (χ1n) is 10.9. The fourth-order valence-corrected chi connectivity index (χ4v) is 3.24. The molecule has 1 saturated heterocycles. The van der Waals surface area contributed by atoms with Crippen molar-refractivity contribution in [2.75, 3.05) is 18.4 Å². The molecule has 9 heteroatoms. The standard InChI is InChI=1S/C23H34N4O5/c1-15(2)27-14-17(12-20(27)29)21(30)26-18-8-6-16(7-9-18)13-25-19(28)10-11-24-22(31)32-23(3,4)5/h6-9,15,17H,10-14H2,1-5H3,(H,24,31)(H,25,28)(H,26,30). The summed E-state index contributed by atoms with van der Waals surface area (Å²) < 4.78 is 5.11. The van der Waals surface area contributed by atoms with E-state index < -0.39 is 11.7 Å². The second-order valence-corrected chi connectivity index (χ2v) is 9.18. The molecule has 4 amide bonds. The Morgan fingerprint density at radius 2 is 1.78 bits per heavy atom. The lowest BCUT2D eigenvalue weighted by Crippen LogP contribution is -2.35. The molecule has 1 heterocycles. The Kier molecular flexibility index (Phi) is 8.63. The van der Waals surface area contributed by atoms with Gasteiger partial charge in [0.25, 0.3) is 0 Å². The lowest BCUT2D eigenvalue weighted by Gasteiger charge is -2.20. The zero-order valence-corrected chi connectivity index (χ0v) is 19.5. The number of amides is 4. The second kappa shape index (κ2) is 11.0. The third-order valence-electron chi connectivity index (χ3n) is 4.88. The zero-order valence-electron chi connectivity index (χ0n) is 19.5. The van der Waals surface area contributed by atoms with Gasteiger partial charge in [-0.05, 0) is 52.3 Å². The molecular weight excluding hydrogens is 412 g/mol. The monoisotopic (exact) mass is 446 g/mol. The molecule has 1 aliphatic heterocycles. The predicted molar refractivity (Wildman–Crippen MR) is 121 cm³/mol. The number of hydrogen-bond donors (Lipinski definition) is 3. The van der Waals surface area contributed by atoms with Gasteiger partial charge in [0.2, 0.25) is 17.7 Å². The van der Waals surface area contributed by atoms with Gasteiger partial charge >= 0.3 is 6.09 Å². The van der Waals surface area contributed by atoms with E-state index >= 15 is 0 Å². The first kappa shape index (κ1) is 25.2. The highest BCUT2D eigenvalue weighted by molar-refractivity contribution is 5.97. The quantitative estimate of drug-likeness (QED) is 0.567. The highest BCUT2D eigenvalue weighted by atomic mass is 16.6. The third-order valence-corrected chi connectivity index (χ3v) is 4.88. The number of nitrogens with zero attached hydrogens (tertiary/aromatic N) is 1. The first-order valence-corrected chi connectivity index (χ1v) is 10.9. The Balaban J connectivity index is 1.71. The summed E-state index contributed by atoms with van der Waals surface area (Å²) in [6.07, 6.45) is -0.181. The number of rotatable bonds is 8. The number of carbonyl (C=O) groups is 4. The molecule has 0 aromatic heterocycles. The van der Waals surface area contributed by atoms with E-state index in [0.717, 1.165) is 5.56 Å². The van der Waals surface area contributed by atoms with Crippen molar-refractivity contribution in [2.24, 2.45) is 5.92 Å². The van der Waals surface area contributed by atoms with E-state index in [4.69, 9.17) is 4.74 Å². The van der Waals surface area contributed by atoms with Crippen molar-refractivity contribution in [3.63, 3.8) is 0 Å². The molecule has 0 saturated carbocycles. The van der Waals surface area contributed by atoms with Crippen molar-refractivity contribution in [3.05, 3.63) is 29.8 Å². The molecule has 2 rings (SSSR count). The molecule has 1 atom stereocenters. The minimum atomic E-state index is -0.582. The number of nitrogens with one attached hydrogen (secondary N) is 3. The maximum absolute atomic E-state index is 12.5. The summed E-state index contributed by atoms with van der Waals surface area (Å²) in [6, 6.07) is 7.24. The molecule has 1 fully saturated rings. The molecule has 0 aliphatic carbocycles. The van der Waals surface area contributed by atoms with Crippen molar-refractivity contribution < 1.29 is 23.9 Å². The number of alkyl carbamates (subject to hydrolysis) is 1. The van der Waals surface area contributed by atoms with Crippen LogP contribution in [-0.4, -0.2) is 53.4 Å². The van der Waals surface area contributed by atoms with Crippen LogP contribution in [0.15, 0.2) is 24.3 Å². The number of ether oxygens (including phenoxy) is 1. The number of carbonyl (C=O) groups excluding carboxylic acids is 4. The van der Waals surface area contributed by atoms with Gasteiger partial charge < -0.3 is 25.6 Å². The number of hydrogen-bond acceptors (Lipinski definition) is 5. The van der Waals surface area contributed by atoms with Crippen LogP contribution in [0.25, 0.3) is 0 Å². The van der Waals surface area contributed by atoms with E-state index in [2.05, 4.69) is 16.0 Å². The van der Waals surface area contributed by atoms with Crippen molar-refractivity contribution in [2.45, 2.75) is 65.6 Å². The number of benzene rings is 1. The van der Waals surface area contributed by atoms with Gasteiger partial charge in [-0.3, -0.25) is 14.4 Å². The molecule has 0 radical (unpaired) electrons. The summed E-state index contributed by atoms with van der Waals surface area (Å²) in [5.41, 5.74) is 0.932. The summed E-state index contributed by atoms with van der Waals surface area (Å²) >= 11 is 0. The van der Waals surface area contributed by atoms with Gasteiger partial charge in [0, 0.05) is 44.2 Å². The molecule has 0 bridgehead atoms. The predicted octanol–water partition coefficient (Wildman–Crippen LogP) is 2.41. The van der Waals surface area contributed by atoms with E-state index in [1.807, 2.05) is 26.0 Å². The Morgan fingerprint density at radius 3 is 2.34 bits per heavy atom. The van der Waals surface area contributed by atoms with Crippen LogP contribution >= 0.6 is 0 Å². The maximum Gasteiger partial charge on any atom is 0.407 e. The van der Waals surface area contributed by atoms with Crippen LogP contribution in [0.4, 0.5) is 10.5 Å². The van der Waals surface area contributed by atoms with Crippen LogP contribution < -0.4 is 16.0 Å². The minimum Gasteiger partial charge on any atom is -0.444 e. The van der Waals surface area contributed by atoms with E-state index in [9.17, 15) is 19.2 Å². The molecule has 1 unspecified atom stereocenters. The van der Waals surface area contributed by atoms with Crippen LogP contribution in [0.5, 0.6) is 0 Å². The SMILES string of the molecule is CC(C)N1CC(C(=O)Nc2ccc(CNC(=O)CCNC(=O)OC(C)(C)C)cc2)CC1=O. The topological polar surface area (TPSA) is 117 Å². The molecule has 1 aromatic rings. The van der Waals surface area contributed by atoms with Crippen molar-refractivity contribution in [3.8, 4) is 0 Å². The van der Waals surface area contributed by atoms with Gasteiger partial charge in [0.1, 0.15) is 5.60 Å². The average Bonchev–Trinajstić information content (AvgIpc) is 3.08. The lowest BCUT2D eigenvalue weighted by atomic mass is 10.1. The Labute approximate surface area is 189 Å². The van der Waals surface area contributed by atoms with Crippen molar-refractivity contribution in [1.82, 2.24) is 15.5 Å². The fourth-order valence-electron chi connectivity index (χ4n) is 3.24. The lowest BCUT2D eigenvalue weighted by molar-refractivity contribution is -0.129. The van der Waals surface area contributed by atoms with E-state index in [-0.39, 0.29) is 49.1 Å². The highest BCUT2D eigenvalue weighted by Crippen LogP contribution is 2.22. The van der Waals surface area contributed by atoms with Crippen LogP contribution in [0.3, 0.4) is 0 Å². The summed E-state index contributed by atoms with van der Waals surface area (Å²) in [5, 5.41) is 8.18. The van der Waals surface area contributed by atoms with E-state index in [1.165, 1.54) is 0 Å². The third kappa shape index (κ3) is 8.20. The minimum absolute atomic E-state index is 0.00698. The van der Waals surface area contributed by atoms with Crippen LogP contribution in [0, 0.1) is 5.92 Å². The fraction of sp³-hybridized carbons (Fsp3) is 0.565. The normalized spacial score (nSPS) is 16.1. The van der Waals surface area contributed by atoms with Gasteiger partial charge in [-0.2, -0.15) is 0 Å². The van der Waals surface area contributed by atoms with Crippen molar-refractivity contribution in [1.29, 1.82) is 0 Å². The molecule has 1 aromatic carbocycles. The Hall–Kier alpha value is -3.10.